The molecule has 4 nitrogen and oxygen atoms in total. The van der Waals surface area contributed by atoms with E-state index in [0.29, 0.717) is 18.6 Å². The Morgan fingerprint density at radius 3 is 2.43 bits per heavy atom. The van der Waals surface area contributed by atoms with E-state index in [1.165, 1.54) is 5.56 Å². The molecule has 2 atom stereocenters. The van der Waals surface area contributed by atoms with Crippen molar-refractivity contribution in [2.45, 2.75) is 39.0 Å². The summed E-state index contributed by atoms with van der Waals surface area (Å²) in [4.78, 5) is 4.89. The molecule has 1 fully saturated rings. The van der Waals surface area contributed by atoms with E-state index >= 15 is 0 Å². The molecule has 0 aliphatic carbocycles. The summed E-state index contributed by atoms with van der Waals surface area (Å²) >= 11 is 0. The standard InChI is InChI=1S/C17H29N3O/c1-13(2)21-17-7-5-15(6-8-17)14(3)20-10-9-19(4)12-16(20)11-18/h5-8,13-14,16H,9-12,18H2,1-4H3. The van der Waals surface area contributed by atoms with E-state index in [1.54, 1.807) is 0 Å². The van der Waals surface area contributed by atoms with Crippen LogP contribution in [0.2, 0.25) is 0 Å². The minimum Gasteiger partial charge on any atom is -0.491 e. The fraction of sp³-hybridized carbons (Fsp3) is 0.647. The van der Waals surface area contributed by atoms with Gasteiger partial charge < -0.3 is 15.4 Å². The minimum absolute atomic E-state index is 0.215. The maximum absolute atomic E-state index is 5.96. The maximum atomic E-state index is 5.96. The maximum Gasteiger partial charge on any atom is 0.119 e. The van der Waals surface area contributed by atoms with Gasteiger partial charge in [-0.3, -0.25) is 4.90 Å². The Balaban J connectivity index is 2.06. The number of ether oxygens (including phenoxy) is 1. The normalized spacial score (nSPS) is 22.5. The topological polar surface area (TPSA) is 41.7 Å². The van der Waals surface area contributed by atoms with E-state index in [2.05, 4.69) is 48.0 Å². The summed E-state index contributed by atoms with van der Waals surface area (Å²) in [7, 11) is 2.17. The van der Waals surface area contributed by atoms with Crippen LogP contribution in [0.4, 0.5) is 0 Å². The van der Waals surface area contributed by atoms with E-state index in [-0.39, 0.29) is 6.10 Å². The van der Waals surface area contributed by atoms with Gasteiger partial charge in [-0.15, -0.1) is 0 Å². The molecule has 1 aliphatic heterocycles. The second-order valence-electron chi connectivity index (χ2n) is 6.30. The number of nitrogens with two attached hydrogens (primary N) is 1. The highest BCUT2D eigenvalue weighted by molar-refractivity contribution is 5.29. The van der Waals surface area contributed by atoms with Crippen molar-refractivity contribution in [3.63, 3.8) is 0 Å². The average Bonchev–Trinajstić information content (AvgIpc) is 2.46. The van der Waals surface area contributed by atoms with E-state index in [0.717, 1.165) is 25.4 Å². The van der Waals surface area contributed by atoms with Crippen LogP contribution < -0.4 is 10.5 Å². The number of benzene rings is 1. The summed E-state index contributed by atoms with van der Waals surface area (Å²) in [6.07, 6.45) is 0.215. The van der Waals surface area contributed by atoms with Crippen LogP contribution in [-0.4, -0.2) is 55.2 Å². The number of rotatable bonds is 5. The van der Waals surface area contributed by atoms with Crippen LogP contribution in [-0.2, 0) is 0 Å². The molecule has 1 aromatic carbocycles. The molecule has 2 unspecified atom stereocenters. The SMILES string of the molecule is CC(C)Oc1ccc(C(C)N2CCN(C)CC2CN)cc1. The second-order valence-corrected chi connectivity index (χ2v) is 6.30. The van der Waals surface area contributed by atoms with Crippen LogP contribution in [0.5, 0.6) is 5.75 Å². The summed E-state index contributed by atoms with van der Waals surface area (Å²) < 4.78 is 5.71. The third-order valence-electron chi connectivity index (χ3n) is 4.24. The van der Waals surface area contributed by atoms with Gasteiger partial charge in [0.05, 0.1) is 6.10 Å². The summed E-state index contributed by atoms with van der Waals surface area (Å²) in [5.74, 6) is 0.940. The Labute approximate surface area is 128 Å². The highest BCUT2D eigenvalue weighted by atomic mass is 16.5. The number of nitrogens with zero attached hydrogens (tertiary/aromatic N) is 2. The molecule has 0 spiro atoms. The van der Waals surface area contributed by atoms with Crippen molar-refractivity contribution in [1.82, 2.24) is 9.80 Å². The molecule has 1 aliphatic rings. The number of hydrogen-bond acceptors (Lipinski definition) is 4. The van der Waals surface area contributed by atoms with Crippen molar-refractivity contribution in [2.24, 2.45) is 5.73 Å². The molecule has 0 amide bonds. The number of hydrogen-bond donors (Lipinski definition) is 1. The molecule has 0 aromatic heterocycles. The molecule has 21 heavy (non-hydrogen) atoms. The third kappa shape index (κ3) is 4.19. The molecule has 118 valence electrons. The lowest BCUT2D eigenvalue weighted by Crippen LogP contribution is -2.55. The molecule has 2 N–H and O–H groups in total. The van der Waals surface area contributed by atoms with E-state index < -0.39 is 0 Å². The van der Waals surface area contributed by atoms with E-state index in [9.17, 15) is 0 Å². The van der Waals surface area contributed by atoms with Gasteiger partial charge in [-0.05, 0) is 45.5 Å². The van der Waals surface area contributed by atoms with Gasteiger partial charge in [0.25, 0.3) is 0 Å². The lowest BCUT2D eigenvalue weighted by Gasteiger charge is -2.43. The van der Waals surface area contributed by atoms with E-state index in [1.807, 2.05) is 13.8 Å². The Morgan fingerprint density at radius 2 is 1.86 bits per heavy atom. The summed E-state index contributed by atoms with van der Waals surface area (Å²) in [5, 5.41) is 0. The molecular formula is C17H29N3O. The van der Waals surface area contributed by atoms with Crippen molar-refractivity contribution in [1.29, 1.82) is 0 Å². The average molecular weight is 291 g/mol. The number of likely N-dealkylation sites (N-methyl/N-ethyl adjacent to an activating group) is 1. The molecule has 0 bridgehead atoms. The molecule has 1 aromatic rings. The van der Waals surface area contributed by atoms with Crippen molar-refractivity contribution in [2.75, 3.05) is 33.2 Å². The lowest BCUT2D eigenvalue weighted by atomic mass is 10.0. The first-order valence-electron chi connectivity index (χ1n) is 7.92. The fourth-order valence-corrected chi connectivity index (χ4v) is 3.03. The molecule has 4 heteroatoms. The summed E-state index contributed by atoms with van der Waals surface area (Å²) in [6.45, 7) is 10.3. The van der Waals surface area contributed by atoms with Crippen LogP contribution in [0, 0.1) is 0 Å². The van der Waals surface area contributed by atoms with Crippen LogP contribution in [0.25, 0.3) is 0 Å². The van der Waals surface area contributed by atoms with Gasteiger partial charge in [0.2, 0.25) is 0 Å². The van der Waals surface area contributed by atoms with E-state index in [4.69, 9.17) is 10.5 Å². The predicted molar refractivity (Wildman–Crippen MR) is 87.7 cm³/mol. The van der Waals surface area contributed by atoms with Gasteiger partial charge in [-0.2, -0.15) is 0 Å². The van der Waals surface area contributed by atoms with Crippen molar-refractivity contribution < 1.29 is 4.74 Å². The quantitative estimate of drug-likeness (QED) is 0.902. The Morgan fingerprint density at radius 1 is 1.19 bits per heavy atom. The minimum atomic E-state index is 0.215. The molecular weight excluding hydrogens is 262 g/mol. The molecule has 2 rings (SSSR count). The largest absolute Gasteiger partial charge is 0.491 e. The van der Waals surface area contributed by atoms with Gasteiger partial charge in [0, 0.05) is 38.3 Å². The third-order valence-corrected chi connectivity index (χ3v) is 4.24. The first-order valence-corrected chi connectivity index (χ1v) is 7.92. The first-order chi connectivity index (χ1) is 10.0. The van der Waals surface area contributed by atoms with Crippen molar-refractivity contribution in [3.05, 3.63) is 29.8 Å². The summed E-state index contributed by atoms with van der Waals surface area (Å²) in [6, 6.07) is 9.31. The zero-order valence-corrected chi connectivity index (χ0v) is 13.7. The van der Waals surface area contributed by atoms with Gasteiger partial charge in [-0.1, -0.05) is 12.1 Å². The first kappa shape index (κ1) is 16.3. The van der Waals surface area contributed by atoms with Gasteiger partial charge in [0.1, 0.15) is 5.75 Å². The van der Waals surface area contributed by atoms with Gasteiger partial charge in [-0.25, -0.2) is 0 Å². The lowest BCUT2D eigenvalue weighted by molar-refractivity contribution is 0.0621. The molecule has 1 saturated heterocycles. The van der Waals surface area contributed by atoms with Crippen LogP contribution in [0.1, 0.15) is 32.4 Å². The molecule has 0 radical (unpaired) electrons. The predicted octanol–water partition coefficient (Wildman–Crippen LogP) is 2.11. The van der Waals surface area contributed by atoms with Crippen molar-refractivity contribution >= 4 is 0 Å². The zero-order valence-electron chi connectivity index (χ0n) is 13.7. The monoisotopic (exact) mass is 291 g/mol. The number of piperazine rings is 1. The molecule has 1 heterocycles. The summed E-state index contributed by atoms with van der Waals surface area (Å²) in [5.41, 5.74) is 7.29. The fourth-order valence-electron chi connectivity index (χ4n) is 3.03. The highest BCUT2D eigenvalue weighted by Crippen LogP contribution is 2.26. The smallest absolute Gasteiger partial charge is 0.119 e. The second kappa shape index (κ2) is 7.25. The van der Waals surface area contributed by atoms with Gasteiger partial charge >= 0.3 is 0 Å². The Kier molecular flexibility index (Phi) is 5.62. The van der Waals surface area contributed by atoms with Crippen LogP contribution >= 0.6 is 0 Å². The molecule has 0 saturated carbocycles. The highest BCUT2D eigenvalue weighted by Gasteiger charge is 2.28. The Bertz CT molecular complexity index is 432. The zero-order chi connectivity index (χ0) is 15.4. The van der Waals surface area contributed by atoms with Gasteiger partial charge in [0.15, 0.2) is 0 Å². The Hall–Kier alpha value is -1.10. The van der Waals surface area contributed by atoms with Crippen LogP contribution in [0.15, 0.2) is 24.3 Å². The van der Waals surface area contributed by atoms with Crippen LogP contribution in [0.3, 0.4) is 0 Å². The van der Waals surface area contributed by atoms with Crippen molar-refractivity contribution in [3.8, 4) is 5.75 Å².